The Morgan fingerprint density at radius 3 is 1.23 bits per heavy atom. The fourth-order valence-electron chi connectivity index (χ4n) is 7.41. The lowest BCUT2D eigenvalue weighted by Crippen LogP contribution is -2.32. The molecular formula is C46H37N8O2+. The summed E-state index contributed by atoms with van der Waals surface area (Å²) in [7, 11) is 1.43. The van der Waals surface area contributed by atoms with Crippen LogP contribution in [0, 0.1) is 0 Å². The van der Waals surface area contributed by atoms with Gasteiger partial charge in [0, 0.05) is 106 Å². The van der Waals surface area contributed by atoms with Crippen LogP contribution in [0.25, 0.3) is 90.9 Å². The first-order valence-corrected chi connectivity index (χ1v) is 18.6. The largest absolute Gasteiger partial charge is 0.469 e. The van der Waals surface area contributed by atoms with Gasteiger partial charge >= 0.3 is 5.97 Å². The Kier molecular flexibility index (Phi) is 9.34. The first-order valence-electron chi connectivity index (χ1n) is 18.6. The lowest BCUT2D eigenvalue weighted by atomic mass is 10.0. The Hall–Kier alpha value is -7.33. The molecule has 8 bridgehead atoms. The first kappa shape index (κ1) is 34.4. The summed E-state index contributed by atoms with van der Waals surface area (Å²) in [6.07, 6.45) is 25.4. The van der Waals surface area contributed by atoms with Crippen molar-refractivity contribution >= 4 is 52.3 Å². The molecule has 0 radical (unpaired) electrons. The summed E-state index contributed by atoms with van der Waals surface area (Å²) < 4.78 is 6.95. The number of aryl methyl sites for hydroxylation is 1. The number of ether oxygens (including phenoxy) is 1. The molecule has 56 heavy (non-hydrogen) atoms. The number of fused-ring (bicyclic) bond motifs is 8. The SMILES string of the molecule is COC(=O)CCCC[n+]1ccc(-c2c3nc(c(-c4ccncc4)c4ccc([nH]4)c(-c4ccncc4)c4nc(c(-c5ccncc5)c5ccc2[nH]5)C=C4)C=C3)cc1. The number of aromatic nitrogens is 8. The van der Waals surface area contributed by atoms with Gasteiger partial charge in [-0.2, -0.15) is 0 Å². The van der Waals surface area contributed by atoms with E-state index < -0.39 is 0 Å². The third-order valence-corrected chi connectivity index (χ3v) is 10.1. The molecule has 0 spiro atoms. The third-order valence-electron chi connectivity index (χ3n) is 10.1. The van der Waals surface area contributed by atoms with E-state index in [0.29, 0.717) is 6.42 Å². The Balaban J connectivity index is 1.33. The maximum Gasteiger partial charge on any atom is 0.305 e. The summed E-state index contributed by atoms with van der Waals surface area (Å²) in [4.78, 5) is 42.8. The predicted octanol–water partition coefficient (Wildman–Crippen LogP) is 9.14. The van der Waals surface area contributed by atoms with Gasteiger partial charge < -0.3 is 14.7 Å². The number of nitrogens with one attached hydrogen (secondary N) is 2. The van der Waals surface area contributed by atoms with Crippen LogP contribution < -0.4 is 4.57 Å². The van der Waals surface area contributed by atoms with E-state index in [2.05, 4.69) is 103 Å². The molecule has 9 heterocycles. The van der Waals surface area contributed by atoms with Gasteiger partial charge in [0.25, 0.3) is 0 Å². The number of carbonyl (C=O) groups is 1. The Labute approximate surface area is 323 Å². The van der Waals surface area contributed by atoms with Crippen molar-refractivity contribution in [2.75, 3.05) is 7.11 Å². The van der Waals surface area contributed by atoms with Crippen LogP contribution in [0.15, 0.2) is 122 Å². The topological polar surface area (TPSA) is 126 Å². The summed E-state index contributed by atoms with van der Waals surface area (Å²) in [5.41, 5.74) is 14.8. The molecule has 0 fully saturated rings. The Bertz CT molecular complexity index is 2750. The van der Waals surface area contributed by atoms with E-state index in [4.69, 9.17) is 14.7 Å². The number of rotatable bonds is 9. The zero-order chi connectivity index (χ0) is 37.8. The van der Waals surface area contributed by atoms with E-state index in [1.807, 2.05) is 73.6 Å². The van der Waals surface area contributed by atoms with Crippen molar-refractivity contribution in [3.63, 3.8) is 0 Å². The normalized spacial score (nSPS) is 11.9. The highest BCUT2D eigenvalue weighted by atomic mass is 16.5. The molecule has 2 aliphatic heterocycles. The van der Waals surface area contributed by atoms with Crippen LogP contribution in [-0.2, 0) is 16.1 Å². The van der Waals surface area contributed by atoms with Crippen molar-refractivity contribution in [2.45, 2.75) is 25.8 Å². The molecule has 0 amide bonds. The quantitative estimate of drug-likeness (QED) is 0.0861. The molecule has 2 N–H and O–H groups in total. The number of pyridine rings is 4. The lowest BCUT2D eigenvalue weighted by molar-refractivity contribution is -0.697. The maximum absolute atomic E-state index is 11.6. The highest BCUT2D eigenvalue weighted by Crippen LogP contribution is 2.38. The number of hydrogen-bond donors (Lipinski definition) is 2. The summed E-state index contributed by atoms with van der Waals surface area (Å²) in [5, 5.41) is 0. The zero-order valence-electron chi connectivity index (χ0n) is 30.7. The summed E-state index contributed by atoms with van der Waals surface area (Å²) in [6.45, 7) is 0.791. The minimum atomic E-state index is -0.179. The van der Waals surface area contributed by atoms with Crippen LogP contribution in [0.2, 0.25) is 0 Å². The van der Waals surface area contributed by atoms with Gasteiger partial charge in [-0.1, -0.05) is 0 Å². The van der Waals surface area contributed by atoms with Crippen LogP contribution in [0.1, 0.15) is 42.0 Å². The maximum atomic E-state index is 11.6. The van der Waals surface area contributed by atoms with Gasteiger partial charge in [0.15, 0.2) is 12.4 Å². The standard InChI is InChI=1S/C46H36N8O2/c1-56-42(55)4-2-3-27-54-28-19-33(20-29-54)46-40-11-9-38(52-40)44(31-15-23-48-24-16-31)36-7-5-34(50-36)43(30-13-21-47-22-14-30)35-6-8-37(51-35)45(32-17-25-49-26-18-32)39-10-12-41(46)53-39/h5-26,28-29H,2-4,27H2,1H3,(H,50,51,52,53)/p+1. The monoisotopic (exact) mass is 733 g/mol. The lowest BCUT2D eigenvalue weighted by Gasteiger charge is -2.06. The number of esters is 1. The number of carbonyl (C=O) groups excluding carboxylic acids is 1. The van der Waals surface area contributed by atoms with Crippen LogP contribution in [0.3, 0.4) is 0 Å². The van der Waals surface area contributed by atoms with Crippen molar-refractivity contribution < 1.29 is 14.1 Å². The summed E-state index contributed by atoms with van der Waals surface area (Å²) >= 11 is 0. The van der Waals surface area contributed by atoms with Gasteiger partial charge in [0.1, 0.15) is 6.54 Å². The van der Waals surface area contributed by atoms with E-state index in [1.54, 1.807) is 0 Å². The number of nitrogens with zero attached hydrogens (tertiary/aromatic N) is 6. The molecule has 0 aliphatic carbocycles. The van der Waals surface area contributed by atoms with Crippen LogP contribution in [-0.4, -0.2) is 48.0 Å². The average molecular weight is 734 g/mol. The van der Waals surface area contributed by atoms with Crippen molar-refractivity contribution in [3.8, 4) is 44.5 Å². The molecule has 9 rings (SSSR count). The minimum Gasteiger partial charge on any atom is -0.469 e. The second-order valence-corrected chi connectivity index (χ2v) is 13.6. The molecular weight excluding hydrogens is 697 g/mol. The second kappa shape index (κ2) is 15.2. The second-order valence-electron chi connectivity index (χ2n) is 13.6. The molecule has 0 aromatic carbocycles. The number of methoxy groups -OCH3 is 1. The van der Waals surface area contributed by atoms with E-state index >= 15 is 0 Å². The first-order chi connectivity index (χ1) is 27.6. The van der Waals surface area contributed by atoms with Gasteiger partial charge in [-0.15, -0.1) is 0 Å². The Morgan fingerprint density at radius 2 is 0.875 bits per heavy atom. The van der Waals surface area contributed by atoms with Crippen LogP contribution in [0.4, 0.5) is 0 Å². The van der Waals surface area contributed by atoms with Gasteiger partial charge in [0.2, 0.25) is 0 Å². The number of H-pyrrole nitrogens is 2. The van der Waals surface area contributed by atoms with Gasteiger partial charge in [0.05, 0.1) is 29.9 Å². The number of unbranched alkanes of at least 4 members (excludes halogenated alkanes) is 1. The molecule has 0 saturated carbocycles. The highest BCUT2D eigenvalue weighted by molar-refractivity contribution is 5.99. The van der Waals surface area contributed by atoms with Crippen molar-refractivity contribution in [2.24, 2.45) is 0 Å². The minimum absolute atomic E-state index is 0.179. The third kappa shape index (κ3) is 6.80. The summed E-state index contributed by atoms with van der Waals surface area (Å²) in [6, 6.07) is 24.8. The molecule has 10 heteroatoms. The molecule has 10 nitrogen and oxygen atoms in total. The molecule has 0 atom stereocenters. The predicted molar refractivity (Wildman–Crippen MR) is 220 cm³/mol. The zero-order valence-corrected chi connectivity index (χ0v) is 30.7. The molecule has 2 aliphatic rings. The van der Waals surface area contributed by atoms with Crippen LogP contribution in [0.5, 0.6) is 0 Å². The van der Waals surface area contributed by atoms with Crippen molar-refractivity contribution in [3.05, 3.63) is 145 Å². The average Bonchev–Trinajstić information content (AvgIpc) is 4.09. The van der Waals surface area contributed by atoms with Gasteiger partial charge in [-0.05, 0) is 114 Å². The molecule has 7 aromatic rings. The number of hydrogen-bond acceptors (Lipinski definition) is 7. The molecule has 7 aromatic heterocycles. The highest BCUT2D eigenvalue weighted by Gasteiger charge is 2.19. The van der Waals surface area contributed by atoms with Crippen LogP contribution >= 0.6 is 0 Å². The summed E-state index contributed by atoms with van der Waals surface area (Å²) in [5.74, 6) is -0.179. The Morgan fingerprint density at radius 1 is 0.518 bits per heavy atom. The van der Waals surface area contributed by atoms with Crippen molar-refractivity contribution in [1.82, 2.24) is 34.9 Å². The van der Waals surface area contributed by atoms with E-state index in [-0.39, 0.29) is 5.97 Å². The molecule has 0 saturated heterocycles. The van der Waals surface area contributed by atoms with Crippen molar-refractivity contribution in [1.29, 1.82) is 0 Å². The molecule has 0 unspecified atom stereocenters. The fourth-order valence-corrected chi connectivity index (χ4v) is 7.41. The fraction of sp³-hybridized carbons (Fsp3) is 0.109. The number of aromatic amines is 2. The smallest absolute Gasteiger partial charge is 0.305 e. The van der Waals surface area contributed by atoms with E-state index in [9.17, 15) is 4.79 Å². The molecule has 272 valence electrons. The van der Waals surface area contributed by atoms with E-state index in [0.717, 1.165) is 109 Å². The van der Waals surface area contributed by atoms with E-state index in [1.165, 1.54) is 7.11 Å². The van der Waals surface area contributed by atoms with Gasteiger partial charge in [-0.25, -0.2) is 14.5 Å². The van der Waals surface area contributed by atoms with Gasteiger partial charge in [-0.3, -0.25) is 19.7 Å².